The van der Waals surface area contributed by atoms with Crippen LogP contribution in [-0.4, -0.2) is 23.8 Å². The van der Waals surface area contributed by atoms with Crippen LogP contribution < -0.4 is 14.9 Å². The molecule has 23 heavy (non-hydrogen) atoms. The molecule has 8 heteroatoms. The van der Waals surface area contributed by atoms with E-state index in [1.54, 1.807) is 12.3 Å². The van der Waals surface area contributed by atoms with Crippen molar-refractivity contribution in [2.24, 2.45) is 5.10 Å². The predicted molar refractivity (Wildman–Crippen MR) is 99.7 cm³/mol. The van der Waals surface area contributed by atoms with E-state index >= 15 is 0 Å². The van der Waals surface area contributed by atoms with Gasteiger partial charge >= 0.3 is 5.97 Å². The van der Waals surface area contributed by atoms with Crippen molar-refractivity contribution in [1.29, 1.82) is 0 Å². The van der Waals surface area contributed by atoms with Crippen LogP contribution in [0.4, 0.5) is 5.13 Å². The smallest absolute Gasteiger partial charge is 0.308 e. The number of halogens is 1. The van der Waals surface area contributed by atoms with Crippen molar-refractivity contribution >= 4 is 51.2 Å². The number of hydrazone groups is 1. The predicted octanol–water partition coefficient (Wildman–Crippen LogP) is 3.83. The number of anilines is 1. The van der Waals surface area contributed by atoms with E-state index in [2.05, 4.69) is 38.1 Å². The second kappa shape index (κ2) is 8.25. The van der Waals surface area contributed by atoms with E-state index < -0.39 is 0 Å². The minimum Gasteiger partial charge on any atom is -0.490 e. The molecule has 0 saturated heterocycles. The first-order chi connectivity index (χ1) is 11.0. The normalized spacial score (nSPS) is 10.8. The Morgan fingerprint density at radius 3 is 2.91 bits per heavy atom. The molecule has 1 N–H and O–H groups in total. The minimum absolute atomic E-state index is 0.383. The third-order valence-corrected chi connectivity index (χ3v) is 4.24. The van der Waals surface area contributed by atoms with Crippen molar-refractivity contribution in [2.75, 3.05) is 12.0 Å². The topological polar surface area (TPSA) is 72.8 Å². The fraction of sp³-hybridized carbons (Fsp3) is 0.267. The molecule has 122 valence electrons. The van der Waals surface area contributed by atoms with Gasteiger partial charge in [-0.3, -0.25) is 10.2 Å². The summed E-state index contributed by atoms with van der Waals surface area (Å²) in [7, 11) is 0. The summed E-state index contributed by atoms with van der Waals surface area (Å²) in [6.45, 7) is 5.64. The van der Waals surface area contributed by atoms with Gasteiger partial charge in [0.05, 0.1) is 22.1 Å². The second-order valence-corrected chi connectivity index (χ2v) is 6.54. The number of carbonyl (C=O) groups excluding carboxylic acids is 1. The summed E-state index contributed by atoms with van der Waals surface area (Å²) < 4.78 is 11.5. The molecule has 1 heterocycles. The number of benzene rings is 1. The Labute approximate surface area is 152 Å². The van der Waals surface area contributed by atoms with Crippen LogP contribution in [0.2, 0.25) is 0 Å². The first-order valence-corrected chi connectivity index (χ1v) is 8.81. The quantitative estimate of drug-likeness (QED) is 0.241. The SMILES string of the molecule is CCOc1cc(C=NNc2nc(C)cs2)cc(I)c1OC(C)=O. The third kappa shape index (κ3) is 5.17. The lowest BCUT2D eigenvalue weighted by atomic mass is 10.2. The maximum absolute atomic E-state index is 11.2. The molecule has 0 saturated carbocycles. The fourth-order valence-electron chi connectivity index (χ4n) is 1.74. The van der Waals surface area contributed by atoms with E-state index in [9.17, 15) is 4.79 Å². The number of nitrogens with zero attached hydrogens (tertiary/aromatic N) is 2. The van der Waals surface area contributed by atoms with Crippen LogP contribution in [0, 0.1) is 10.5 Å². The van der Waals surface area contributed by atoms with Gasteiger partial charge in [0.25, 0.3) is 0 Å². The molecule has 0 unspecified atom stereocenters. The molecule has 0 aliphatic heterocycles. The number of esters is 1. The van der Waals surface area contributed by atoms with Crippen LogP contribution >= 0.6 is 33.9 Å². The number of hydrogen-bond donors (Lipinski definition) is 1. The van der Waals surface area contributed by atoms with E-state index in [0.717, 1.165) is 20.0 Å². The van der Waals surface area contributed by atoms with E-state index in [0.29, 0.717) is 18.1 Å². The number of hydrogen-bond acceptors (Lipinski definition) is 7. The van der Waals surface area contributed by atoms with Crippen LogP contribution in [0.1, 0.15) is 25.1 Å². The Morgan fingerprint density at radius 1 is 1.52 bits per heavy atom. The highest BCUT2D eigenvalue weighted by atomic mass is 127. The van der Waals surface area contributed by atoms with Crippen LogP contribution in [0.15, 0.2) is 22.6 Å². The summed E-state index contributed by atoms with van der Waals surface area (Å²) >= 11 is 3.59. The lowest BCUT2D eigenvalue weighted by Gasteiger charge is -2.12. The molecule has 0 bridgehead atoms. The van der Waals surface area contributed by atoms with Crippen LogP contribution in [-0.2, 0) is 4.79 Å². The van der Waals surface area contributed by atoms with E-state index in [1.165, 1.54) is 18.3 Å². The molecule has 0 radical (unpaired) electrons. The summed E-state index contributed by atoms with van der Waals surface area (Å²) in [5.41, 5.74) is 4.66. The standard InChI is InChI=1S/C15H16IN3O3S/c1-4-21-13-6-11(5-12(16)14(13)22-10(3)20)7-17-19-15-18-9(2)8-23-15/h5-8H,4H2,1-3H3,(H,18,19). The van der Waals surface area contributed by atoms with Crippen molar-refractivity contribution in [2.45, 2.75) is 20.8 Å². The Balaban J connectivity index is 2.20. The van der Waals surface area contributed by atoms with Crippen LogP contribution in [0.3, 0.4) is 0 Å². The maximum atomic E-state index is 11.2. The average Bonchev–Trinajstić information content (AvgIpc) is 2.88. The van der Waals surface area contributed by atoms with Crippen molar-refractivity contribution in [1.82, 2.24) is 4.98 Å². The van der Waals surface area contributed by atoms with Crippen molar-refractivity contribution < 1.29 is 14.3 Å². The summed E-state index contributed by atoms with van der Waals surface area (Å²) in [6, 6.07) is 3.64. The Hall–Kier alpha value is -1.68. The zero-order chi connectivity index (χ0) is 16.8. The second-order valence-electron chi connectivity index (χ2n) is 4.52. The molecule has 0 amide bonds. The molecular formula is C15H16IN3O3S. The molecule has 0 aliphatic rings. The number of rotatable bonds is 6. The molecule has 6 nitrogen and oxygen atoms in total. The zero-order valence-electron chi connectivity index (χ0n) is 12.9. The molecule has 0 aliphatic carbocycles. The monoisotopic (exact) mass is 445 g/mol. The largest absolute Gasteiger partial charge is 0.490 e. The van der Waals surface area contributed by atoms with Gasteiger partial charge in [0.1, 0.15) is 0 Å². The lowest BCUT2D eigenvalue weighted by molar-refractivity contribution is -0.132. The van der Waals surface area contributed by atoms with Gasteiger partial charge in [0.2, 0.25) is 5.13 Å². The molecular weight excluding hydrogens is 429 g/mol. The first kappa shape index (κ1) is 17.7. The lowest BCUT2D eigenvalue weighted by Crippen LogP contribution is -2.06. The number of nitrogens with one attached hydrogen (secondary N) is 1. The number of carbonyl (C=O) groups is 1. The Bertz CT molecular complexity index is 731. The molecule has 1 aromatic carbocycles. The van der Waals surface area contributed by atoms with E-state index in [-0.39, 0.29) is 5.97 Å². The van der Waals surface area contributed by atoms with Gasteiger partial charge in [-0.05, 0) is 54.1 Å². The highest BCUT2D eigenvalue weighted by molar-refractivity contribution is 14.1. The molecule has 0 atom stereocenters. The average molecular weight is 445 g/mol. The maximum Gasteiger partial charge on any atom is 0.308 e. The highest BCUT2D eigenvalue weighted by Crippen LogP contribution is 2.34. The minimum atomic E-state index is -0.383. The van der Waals surface area contributed by atoms with E-state index in [1.807, 2.05) is 25.3 Å². The number of aromatic nitrogens is 1. The zero-order valence-corrected chi connectivity index (χ0v) is 15.9. The summed E-state index contributed by atoms with van der Waals surface area (Å²) in [6.07, 6.45) is 1.67. The number of aryl methyl sites for hydroxylation is 1. The molecule has 0 spiro atoms. The number of thiazole rings is 1. The fourth-order valence-corrected chi connectivity index (χ4v) is 3.11. The highest BCUT2D eigenvalue weighted by Gasteiger charge is 2.13. The van der Waals surface area contributed by atoms with Crippen molar-refractivity contribution in [3.8, 4) is 11.5 Å². The van der Waals surface area contributed by atoms with Crippen LogP contribution in [0.25, 0.3) is 0 Å². The Morgan fingerprint density at radius 2 is 2.30 bits per heavy atom. The summed E-state index contributed by atoms with van der Waals surface area (Å²) in [5, 5.41) is 6.84. The Kier molecular flexibility index (Phi) is 6.34. The molecule has 0 fully saturated rings. The first-order valence-electron chi connectivity index (χ1n) is 6.85. The van der Waals surface area contributed by atoms with Crippen molar-refractivity contribution in [3.05, 3.63) is 32.3 Å². The molecule has 2 aromatic rings. The van der Waals surface area contributed by atoms with Gasteiger partial charge in [-0.2, -0.15) is 5.10 Å². The van der Waals surface area contributed by atoms with Crippen LogP contribution in [0.5, 0.6) is 11.5 Å². The van der Waals surface area contributed by atoms with Gasteiger partial charge in [-0.25, -0.2) is 4.98 Å². The van der Waals surface area contributed by atoms with Gasteiger partial charge in [-0.15, -0.1) is 11.3 Å². The van der Waals surface area contributed by atoms with Gasteiger partial charge < -0.3 is 9.47 Å². The van der Waals surface area contributed by atoms with Gasteiger partial charge in [0.15, 0.2) is 11.5 Å². The van der Waals surface area contributed by atoms with Gasteiger partial charge in [0, 0.05) is 12.3 Å². The molecule has 1 aromatic heterocycles. The number of ether oxygens (including phenoxy) is 2. The summed E-state index contributed by atoms with van der Waals surface area (Å²) in [4.78, 5) is 15.5. The van der Waals surface area contributed by atoms with Gasteiger partial charge in [-0.1, -0.05) is 0 Å². The van der Waals surface area contributed by atoms with Crippen molar-refractivity contribution in [3.63, 3.8) is 0 Å². The third-order valence-electron chi connectivity index (χ3n) is 2.57. The summed E-state index contributed by atoms with van der Waals surface area (Å²) in [5.74, 6) is 0.563. The van der Waals surface area contributed by atoms with E-state index in [4.69, 9.17) is 9.47 Å². The molecule has 2 rings (SSSR count).